The maximum atomic E-state index is 13.4. The topological polar surface area (TPSA) is 16.1 Å². The predicted molar refractivity (Wildman–Crippen MR) is 53.3 cm³/mol. The zero-order chi connectivity index (χ0) is 9.42. The predicted octanol–water partition coefficient (Wildman–Crippen LogP) is 2.58. The molecule has 0 radical (unpaired) electrons. The van der Waals surface area contributed by atoms with Crippen LogP contribution in [0.4, 0.5) is 10.2 Å². The van der Waals surface area contributed by atoms with E-state index in [0.717, 1.165) is 12.8 Å². The third-order valence-electron chi connectivity index (χ3n) is 2.22. The Hall–Kier alpha value is -0.640. The lowest BCUT2D eigenvalue weighted by atomic mass is 10.4. The number of halogens is 2. The first-order valence-corrected chi connectivity index (χ1v) is 5.01. The molecule has 1 aliphatic rings. The minimum absolute atomic E-state index is 0.260. The smallest absolute Gasteiger partial charge is 0.166 e. The quantitative estimate of drug-likeness (QED) is 0.796. The van der Waals surface area contributed by atoms with E-state index in [-0.39, 0.29) is 5.82 Å². The van der Waals surface area contributed by atoms with Crippen LogP contribution in [0, 0.1) is 5.82 Å². The van der Waals surface area contributed by atoms with Crippen LogP contribution in [0.2, 0.25) is 0 Å². The van der Waals surface area contributed by atoms with Crippen LogP contribution in [0.1, 0.15) is 12.8 Å². The van der Waals surface area contributed by atoms with Gasteiger partial charge in [0.2, 0.25) is 0 Å². The molecule has 0 unspecified atom stereocenters. The zero-order valence-electron chi connectivity index (χ0n) is 7.30. The molecule has 1 aromatic heterocycles. The highest BCUT2D eigenvalue weighted by Crippen LogP contribution is 2.30. The Morgan fingerprint density at radius 2 is 2.31 bits per heavy atom. The van der Waals surface area contributed by atoms with Crippen LogP contribution in [0.15, 0.2) is 16.7 Å². The third-order valence-corrected chi connectivity index (χ3v) is 2.65. The minimum Gasteiger partial charge on any atom is -0.354 e. The Kier molecular flexibility index (Phi) is 2.24. The molecule has 1 saturated carbocycles. The van der Waals surface area contributed by atoms with Gasteiger partial charge in [0.05, 0.1) is 0 Å². The summed E-state index contributed by atoms with van der Waals surface area (Å²) in [7, 11) is 1.89. The van der Waals surface area contributed by atoms with E-state index in [1.165, 1.54) is 6.07 Å². The van der Waals surface area contributed by atoms with Gasteiger partial charge >= 0.3 is 0 Å². The van der Waals surface area contributed by atoms with Gasteiger partial charge in [0.1, 0.15) is 0 Å². The normalized spacial score (nSPS) is 15.9. The maximum absolute atomic E-state index is 13.4. The van der Waals surface area contributed by atoms with E-state index < -0.39 is 0 Å². The van der Waals surface area contributed by atoms with Gasteiger partial charge in [-0.1, -0.05) is 0 Å². The van der Waals surface area contributed by atoms with Crippen LogP contribution < -0.4 is 4.90 Å². The molecule has 0 aromatic carbocycles. The average Bonchev–Trinajstić information content (AvgIpc) is 2.85. The number of hydrogen-bond acceptors (Lipinski definition) is 2. The van der Waals surface area contributed by atoms with E-state index >= 15 is 0 Å². The summed E-state index contributed by atoms with van der Waals surface area (Å²) in [6.45, 7) is 0. The highest BCUT2D eigenvalue weighted by Gasteiger charge is 2.28. The highest BCUT2D eigenvalue weighted by molar-refractivity contribution is 9.10. The SMILES string of the molecule is CN(c1ncc(Br)cc1F)C1CC1. The molecule has 0 atom stereocenters. The second kappa shape index (κ2) is 3.25. The number of hydrogen-bond donors (Lipinski definition) is 0. The molecule has 70 valence electrons. The van der Waals surface area contributed by atoms with Gasteiger partial charge < -0.3 is 4.90 Å². The van der Waals surface area contributed by atoms with Crippen molar-refractivity contribution in [2.24, 2.45) is 0 Å². The van der Waals surface area contributed by atoms with Gasteiger partial charge in [0.15, 0.2) is 11.6 Å². The van der Waals surface area contributed by atoms with E-state index in [9.17, 15) is 4.39 Å². The van der Waals surface area contributed by atoms with Crippen molar-refractivity contribution in [3.05, 3.63) is 22.6 Å². The summed E-state index contributed by atoms with van der Waals surface area (Å²) in [6, 6.07) is 1.93. The first kappa shape index (κ1) is 8.94. The number of rotatable bonds is 2. The van der Waals surface area contributed by atoms with Crippen LogP contribution >= 0.6 is 15.9 Å². The van der Waals surface area contributed by atoms with Crippen molar-refractivity contribution in [1.82, 2.24) is 4.98 Å². The lowest BCUT2D eigenvalue weighted by Gasteiger charge is -2.17. The zero-order valence-corrected chi connectivity index (χ0v) is 8.88. The summed E-state index contributed by atoms with van der Waals surface area (Å²) in [4.78, 5) is 5.95. The van der Waals surface area contributed by atoms with Crippen LogP contribution in [0.5, 0.6) is 0 Å². The first-order valence-electron chi connectivity index (χ1n) is 4.22. The van der Waals surface area contributed by atoms with E-state index in [1.54, 1.807) is 6.20 Å². The monoisotopic (exact) mass is 244 g/mol. The number of nitrogens with zero attached hydrogens (tertiary/aromatic N) is 2. The molecule has 2 nitrogen and oxygen atoms in total. The molecule has 0 bridgehead atoms. The summed E-state index contributed by atoms with van der Waals surface area (Å²) in [6.07, 6.45) is 3.92. The highest BCUT2D eigenvalue weighted by atomic mass is 79.9. The maximum Gasteiger partial charge on any atom is 0.166 e. The van der Waals surface area contributed by atoms with Gasteiger partial charge in [-0.3, -0.25) is 0 Å². The molecule has 2 rings (SSSR count). The summed E-state index contributed by atoms with van der Waals surface area (Å²) in [5.41, 5.74) is 0. The van der Waals surface area contributed by atoms with Crippen LogP contribution in [-0.2, 0) is 0 Å². The van der Waals surface area contributed by atoms with Gasteiger partial charge in [-0.2, -0.15) is 0 Å². The summed E-state index contributed by atoms with van der Waals surface area (Å²) >= 11 is 3.18. The van der Waals surface area contributed by atoms with E-state index in [4.69, 9.17) is 0 Å². The molecular formula is C9H10BrFN2. The Morgan fingerprint density at radius 1 is 1.62 bits per heavy atom. The summed E-state index contributed by atoms with van der Waals surface area (Å²) < 4.78 is 14.0. The van der Waals surface area contributed by atoms with Crippen molar-refractivity contribution in [2.75, 3.05) is 11.9 Å². The van der Waals surface area contributed by atoms with E-state index in [1.807, 2.05) is 11.9 Å². The molecule has 1 aromatic rings. The fourth-order valence-corrected chi connectivity index (χ4v) is 1.61. The van der Waals surface area contributed by atoms with Gasteiger partial charge in [-0.25, -0.2) is 9.37 Å². The third kappa shape index (κ3) is 1.82. The van der Waals surface area contributed by atoms with Crippen molar-refractivity contribution in [3.8, 4) is 0 Å². The Labute approximate surface area is 84.9 Å². The summed E-state index contributed by atoms with van der Waals surface area (Å²) in [5.74, 6) is 0.189. The van der Waals surface area contributed by atoms with E-state index in [2.05, 4.69) is 20.9 Å². The molecule has 0 N–H and O–H groups in total. The standard InChI is InChI=1S/C9H10BrFN2/c1-13(7-2-3-7)9-8(11)4-6(10)5-12-9/h4-5,7H,2-3H2,1H3. The lowest BCUT2D eigenvalue weighted by Crippen LogP contribution is -2.21. The largest absolute Gasteiger partial charge is 0.354 e. The molecule has 0 aliphatic heterocycles. The number of aromatic nitrogens is 1. The van der Waals surface area contributed by atoms with Crippen molar-refractivity contribution < 1.29 is 4.39 Å². The average molecular weight is 245 g/mol. The molecule has 0 spiro atoms. The van der Waals surface area contributed by atoms with Gasteiger partial charge in [-0.15, -0.1) is 0 Å². The minimum atomic E-state index is -0.260. The second-order valence-corrected chi connectivity index (χ2v) is 4.22. The fraction of sp³-hybridized carbons (Fsp3) is 0.444. The van der Waals surface area contributed by atoms with Crippen LogP contribution in [-0.4, -0.2) is 18.1 Å². The molecule has 13 heavy (non-hydrogen) atoms. The molecular weight excluding hydrogens is 235 g/mol. The van der Waals surface area contributed by atoms with Crippen molar-refractivity contribution in [2.45, 2.75) is 18.9 Å². The Bertz CT molecular complexity index is 325. The van der Waals surface area contributed by atoms with Crippen LogP contribution in [0.3, 0.4) is 0 Å². The number of pyridine rings is 1. The number of anilines is 1. The molecule has 0 saturated heterocycles. The first-order chi connectivity index (χ1) is 6.18. The fourth-order valence-electron chi connectivity index (χ4n) is 1.30. The molecule has 0 amide bonds. The molecule has 1 heterocycles. The van der Waals surface area contributed by atoms with Gasteiger partial charge in [-0.05, 0) is 34.8 Å². The van der Waals surface area contributed by atoms with E-state index in [0.29, 0.717) is 16.3 Å². The molecule has 1 fully saturated rings. The summed E-state index contributed by atoms with van der Waals surface area (Å²) in [5, 5.41) is 0. The van der Waals surface area contributed by atoms with Crippen molar-refractivity contribution in [1.29, 1.82) is 0 Å². The lowest BCUT2D eigenvalue weighted by molar-refractivity contribution is 0.613. The van der Waals surface area contributed by atoms with Gasteiger partial charge in [0.25, 0.3) is 0 Å². The van der Waals surface area contributed by atoms with Crippen LogP contribution in [0.25, 0.3) is 0 Å². The second-order valence-electron chi connectivity index (χ2n) is 3.30. The molecule has 4 heteroatoms. The Balaban J connectivity index is 2.28. The van der Waals surface area contributed by atoms with Crippen molar-refractivity contribution in [3.63, 3.8) is 0 Å². The van der Waals surface area contributed by atoms with Gasteiger partial charge in [0, 0.05) is 23.8 Å². The molecule has 1 aliphatic carbocycles. The van der Waals surface area contributed by atoms with Crippen molar-refractivity contribution >= 4 is 21.7 Å². The Morgan fingerprint density at radius 3 is 2.85 bits per heavy atom.